The number of nitrogen functional groups attached to an aromatic ring is 4. The van der Waals surface area contributed by atoms with Crippen molar-refractivity contribution in [2.24, 2.45) is 0 Å². The molecule has 2 aromatic heterocycles. The number of unbranched alkanes of at least 4 members (excludes halogenated alkanes) is 4. The lowest BCUT2D eigenvalue weighted by molar-refractivity contribution is -0.670. The minimum absolute atomic E-state index is 0.0631. The highest BCUT2D eigenvalue weighted by Crippen LogP contribution is 2.37. The first kappa shape index (κ1) is 52.0. The molecule has 0 radical (unpaired) electrons. The van der Waals surface area contributed by atoms with Crippen molar-refractivity contribution in [2.45, 2.75) is 77.3 Å². The average molecular weight is 985 g/mol. The molecule has 0 atom stereocenters. The first-order valence-corrected chi connectivity index (χ1v) is 26.0. The van der Waals surface area contributed by atoms with Crippen LogP contribution in [0.25, 0.3) is 65.7 Å². The van der Waals surface area contributed by atoms with E-state index >= 15 is 0 Å². The summed E-state index contributed by atoms with van der Waals surface area (Å²) in [6.45, 7) is 5.76. The maximum absolute atomic E-state index is 12.6. The van der Waals surface area contributed by atoms with Gasteiger partial charge in [-0.25, -0.2) is 0 Å². The smallest absolute Gasteiger partial charge is 0.220 e. The Morgan fingerprint density at radius 1 is 0.438 bits per heavy atom. The number of fused-ring (bicyclic) bond motifs is 6. The molecule has 0 spiro atoms. The standard InChI is InChI=1S/C60H70N8O5/c61-45-21-24-48-51-26-23-47(63)41-56(51)68(60(52(48)39-45)44-17-7-2-8-18-44)32-12-4-10-20-58(70)66-30-14-34-72-36-38-73-37-35-71-33-13-29-65-57(69)19-9-3-11-31-67-42-53-49(50-25-22-46(62)40-55(50)67)27-28-54(64)59(53)43-15-5-1-6-16-43/h1-2,5-8,15-18,21-28,39-42,62-63H,3-4,9-14,19-20,29-38,61,64H2,(H2,65,66,69,70)/p+2. The topological polar surface area (TPSA) is 198 Å². The molecule has 8 rings (SSSR count). The number of aryl methyl sites for hydroxylation is 2. The molecular weight excluding hydrogens is 913 g/mol. The lowest BCUT2D eigenvalue weighted by atomic mass is 9.95. The van der Waals surface area contributed by atoms with Gasteiger partial charge >= 0.3 is 0 Å². The molecule has 0 aliphatic carbocycles. The normalized spacial score (nSPS) is 11.5. The molecule has 10 N–H and O–H groups in total. The van der Waals surface area contributed by atoms with Crippen LogP contribution in [0.1, 0.15) is 64.2 Å². The van der Waals surface area contributed by atoms with E-state index in [-0.39, 0.29) is 11.8 Å². The molecule has 0 saturated carbocycles. The van der Waals surface area contributed by atoms with Gasteiger partial charge in [-0.3, -0.25) is 9.59 Å². The molecule has 0 unspecified atom stereocenters. The maximum atomic E-state index is 12.6. The van der Waals surface area contributed by atoms with E-state index < -0.39 is 0 Å². The molecule has 0 aliphatic heterocycles. The van der Waals surface area contributed by atoms with Crippen molar-refractivity contribution in [1.29, 1.82) is 0 Å². The van der Waals surface area contributed by atoms with Crippen LogP contribution in [0, 0.1) is 0 Å². The van der Waals surface area contributed by atoms with Crippen molar-refractivity contribution in [2.75, 3.05) is 75.7 Å². The molecule has 73 heavy (non-hydrogen) atoms. The van der Waals surface area contributed by atoms with Gasteiger partial charge in [-0.05, 0) is 98.7 Å². The predicted molar refractivity (Wildman–Crippen MR) is 296 cm³/mol. The summed E-state index contributed by atoms with van der Waals surface area (Å²) in [7, 11) is 0. The number of hydrogen-bond donors (Lipinski definition) is 6. The number of hydrogen-bond acceptors (Lipinski definition) is 9. The Kier molecular flexibility index (Phi) is 18.8. The fraction of sp³-hybridized carbons (Fsp3) is 0.333. The van der Waals surface area contributed by atoms with Gasteiger partial charge in [0.2, 0.25) is 28.5 Å². The van der Waals surface area contributed by atoms with Gasteiger partial charge < -0.3 is 47.8 Å². The van der Waals surface area contributed by atoms with Gasteiger partial charge in [0.1, 0.15) is 13.1 Å². The van der Waals surface area contributed by atoms with Crippen LogP contribution in [-0.2, 0) is 36.9 Å². The Hall–Kier alpha value is -7.32. The number of nitrogens with zero attached hydrogens (tertiary/aromatic N) is 2. The van der Waals surface area contributed by atoms with Gasteiger partial charge in [-0.1, -0.05) is 60.7 Å². The summed E-state index contributed by atoms with van der Waals surface area (Å²) in [6, 6.07) is 43.1. The molecule has 2 heterocycles. The summed E-state index contributed by atoms with van der Waals surface area (Å²) in [5.41, 5.74) is 34.9. The maximum Gasteiger partial charge on any atom is 0.220 e. The second-order valence-electron chi connectivity index (χ2n) is 18.8. The van der Waals surface area contributed by atoms with Crippen LogP contribution in [0.5, 0.6) is 0 Å². The number of anilines is 4. The van der Waals surface area contributed by atoms with E-state index in [2.05, 4.69) is 98.8 Å². The molecule has 2 amide bonds. The van der Waals surface area contributed by atoms with Gasteiger partial charge in [0.25, 0.3) is 0 Å². The molecule has 0 aliphatic rings. The number of benzene rings is 6. The highest BCUT2D eigenvalue weighted by Gasteiger charge is 2.24. The Balaban J connectivity index is 0.629. The highest BCUT2D eigenvalue weighted by atomic mass is 16.5. The quantitative estimate of drug-likeness (QED) is 0.0120. The van der Waals surface area contributed by atoms with Crippen LogP contribution in [0.2, 0.25) is 0 Å². The third-order valence-corrected chi connectivity index (χ3v) is 13.4. The minimum atomic E-state index is 0.0631. The summed E-state index contributed by atoms with van der Waals surface area (Å²) in [4.78, 5) is 25.2. The summed E-state index contributed by atoms with van der Waals surface area (Å²) < 4.78 is 21.7. The first-order chi connectivity index (χ1) is 35.7. The van der Waals surface area contributed by atoms with Crippen LogP contribution in [0.3, 0.4) is 0 Å². The molecule has 380 valence electrons. The van der Waals surface area contributed by atoms with Gasteiger partial charge in [0.15, 0.2) is 6.20 Å². The number of carbonyl (C=O) groups excluding carboxylic acids is 2. The van der Waals surface area contributed by atoms with E-state index in [0.717, 1.165) is 153 Å². The molecule has 13 nitrogen and oxygen atoms in total. The number of ether oxygens (including phenoxy) is 3. The van der Waals surface area contributed by atoms with Crippen LogP contribution in [-0.4, -0.2) is 64.5 Å². The number of pyridine rings is 2. The molecule has 13 heteroatoms. The summed E-state index contributed by atoms with van der Waals surface area (Å²) in [5, 5.41) is 12.8. The van der Waals surface area contributed by atoms with Crippen molar-refractivity contribution in [1.82, 2.24) is 10.6 Å². The lowest BCUT2D eigenvalue weighted by Gasteiger charge is -2.13. The van der Waals surface area contributed by atoms with Crippen LogP contribution in [0.4, 0.5) is 22.7 Å². The Bertz CT molecular complexity index is 3110. The number of aromatic nitrogens is 2. The number of rotatable bonds is 28. The average Bonchev–Trinajstić information content (AvgIpc) is 3.39. The zero-order chi connectivity index (χ0) is 50.8. The van der Waals surface area contributed by atoms with Crippen LogP contribution in [0.15, 0.2) is 134 Å². The highest BCUT2D eigenvalue weighted by molar-refractivity contribution is 6.12. The van der Waals surface area contributed by atoms with E-state index in [1.165, 1.54) is 0 Å². The van der Waals surface area contributed by atoms with Gasteiger partial charge in [0, 0.05) is 109 Å². The van der Waals surface area contributed by atoms with E-state index in [1.807, 2.05) is 54.6 Å². The number of nitrogens with one attached hydrogen (secondary N) is 2. The fourth-order valence-electron chi connectivity index (χ4n) is 9.75. The Morgan fingerprint density at radius 2 is 0.932 bits per heavy atom. The fourth-order valence-corrected chi connectivity index (χ4v) is 9.75. The van der Waals surface area contributed by atoms with Gasteiger partial charge in [-0.2, -0.15) is 9.13 Å². The molecule has 0 fully saturated rings. The SMILES string of the molecule is Nc1ccc2c(c1)c(-c1ccccc1)[n+](CCCCCC(=O)NCCCOCCOCCOCCCNC(=O)CCCCC[n+]1cc3c(-c4ccccc4)c(N)ccc3c3ccc(N)cc31)c1cc(N)ccc21. The van der Waals surface area contributed by atoms with E-state index in [9.17, 15) is 9.59 Å². The minimum Gasteiger partial charge on any atom is -0.399 e. The van der Waals surface area contributed by atoms with Gasteiger partial charge in [0.05, 0.1) is 48.0 Å². The zero-order valence-corrected chi connectivity index (χ0v) is 42.1. The van der Waals surface area contributed by atoms with E-state index in [1.54, 1.807) is 0 Å². The number of nitrogens with two attached hydrogens (primary N) is 4. The van der Waals surface area contributed by atoms with Crippen molar-refractivity contribution < 1.29 is 32.9 Å². The molecule has 0 bridgehead atoms. The lowest BCUT2D eigenvalue weighted by Crippen LogP contribution is -2.38. The van der Waals surface area contributed by atoms with E-state index in [4.69, 9.17) is 37.1 Å². The van der Waals surface area contributed by atoms with Crippen molar-refractivity contribution in [3.05, 3.63) is 134 Å². The summed E-state index contributed by atoms with van der Waals surface area (Å²) in [5.74, 6) is 0.128. The monoisotopic (exact) mass is 985 g/mol. The summed E-state index contributed by atoms with van der Waals surface area (Å²) in [6.07, 6.45) is 9.97. The van der Waals surface area contributed by atoms with Gasteiger partial charge in [-0.15, -0.1) is 0 Å². The van der Waals surface area contributed by atoms with Crippen LogP contribution >= 0.6 is 0 Å². The third-order valence-electron chi connectivity index (χ3n) is 13.4. The second kappa shape index (κ2) is 26.4. The molecule has 0 saturated heterocycles. The first-order valence-electron chi connectivity index (χ1n) is 26.0. The van der Waals surface area contributed by atoms with Crippen molar-refractivity contribution in [3.63, 3.8) is 0 Å². The third kappa shape index (κ3) is 14.0. The molecular formula is C60H72N8O5+2. The Labute approximate surface area is 428 Å². The summed E-state index contributed by atoms with van der Waals surface area (Å²) >= 11 is 0. The number of amides is 2. The number of carbonyl (C=O) groups is 2. The second-order valence-corrected chi connectivity index (χ2v) is 18.8. The van der Waals surface area contributed by atoms with Crippen molar-refractivity contribution in [3.8, 4) is 22.4 Å². The van der Waals surface area contributed by atoms with E-state index in [0.29, 0.717) is 65.6 Å². The van der Waals surface area contributed by atoms with Crippen molar-refractivity contribution >= 4 is 77.9 Å². The zero-order valence-electron chi connectivity index (χ0n) is 42.1. The predicted octanol–water partition coefficient (Wildman–Crippen LogP) is 9.42. The molecule has 8 aromatic rings. The van der Waals surface area contributed by atoms with Crippen LogP contribution < -0.4 is 42.7 Å². The Morgan fingerprint density at radius 3 is 1.55 bits per heavy atom. The largest absolute Gasteiger partial charge is 0.399 e. The molecule has 6 aromatic carbocycles.